The topological polar surface area (TPSA) is 72.8 Å². The maximum Gasteiger partial charge on any atom is 0.333 e. The molecule has 0 aromatic rings. The lowest BCUT2D eigenvalue weighted by molar-refractivity contribution is -0.150. The maximum absolute atomic E-state index is 12.2. The third-order valence-electron chi connectivity index (χ3n) is 10.5. The predicted molar refractivity (Wildman–Crippen MR) is 125 cm³/mol. The van der Waals surface area contributed by atoms with E-state index in [4.69, 9.17) is 9.47 Å². The van der Waals surface area contributed by atoms with Crippen LogP contribution in [0.25, 0.3) is 0 Å². The summed E-state index contributed by atoms with van der Waals surface area (Å²) < 4.78 is 11.8. The van der Waals surface area contributed by atoms with Crippen molar-refractivity contribution in [2.75, 3.05) is 13.2 Å². The standard InChI is InChI=1S/C28H38O5/c1-17-5-8-23(33-25(17)31)18(2)20-9-12-27(4)21-7-6-19-15-32-16-28(19,14-11-24(29)30)22(21)10-13-26(20,27)3/h5,7,10,18-20,23H,6,8-9,11-16H2,1-4H3,(H,29,30). The highest BCUT2D eigenvalue weighted by molar-refractivity contribution is 5.88. The molecular weight excluding hydrogens is 416 g/mol. The quantitative estimate of drug-likeness (QED) is 0.558. The summed E-state index contributed by atoms with van der Waals surface area (Å²) in [5.74, 6) is 0.260. The first-order valence-corrected chi connectivity index (χ1v) is 12.7. The number of aliphatic carboxylic acids is 1. The summed E-state index contributed by atoms with van der Waals surface area (Å²) in [4.78, 5) is 23.7. The van der Waals surface area contributed by atoms with Gasteiger partial charge in [0.2, 0.25) is 0 Å². The molecular formula is C28H38O5. The third kappa shape index (κ3) is 3.21. The van der Waals surface area contributed by atoms with Crippen LogP contribution < -0.4 is 0 Å². The zero-order chi connectivity index (χ0) is 23.6. The summed E-state index contributed by atoms with van der Waals surface area (Å²) >= 11 is 0. The van der Waals surface area contributed by atoms with Crippen molar-refractivity contribution in [3.63, 3.8) is 0 Å². The molecule has 2 fully saturated rings. The Hall–Kier alpha value is -1.88. The molecule has 1 N–H and O–H groups in total. The first-order valence-electron chi connectivity index (χ1n) is 12.7. The molecule has 0 aromatic heterocycles. The highest BCUT2D eigenvalue weighted by Gasteiger charge is 2.63. The summed E-state index contributed by atoms with van der Waals surface area (Å²) in [5.41, 5.74) is 3.54. The molecule has 2 aliphatic heterocycles. The van der Waals surface area contributed by atoms with Gasteiger partial charge in [-0.25, -0.2) is 4.79 Å². The van der Waals surface area contributed by atoms with Gasteiger partial charge < -0.3 is 14.6 Å². The van der Waals surface area contributed by atoms with Crippen molar-refractivity contribution in [2.24, 2.45) is 34.0 Å². The smallest absolute Gasteiger partial charge is 0.333 e. The van der Waals surface area contributed by atoms with E-state index in [9.17, 15) is 14.7 Å². The molecule has 0 aromatic carbocycles. The molecule has 0 spiro atoms. The average molecular weight is 455 g/mol. The number of cyclic esters (lactones) is 1. The van der Waals surface area contributed by atoms with E-state index in [0.717, 1.165) is 44.3 Å². The Labute approximate surface area is 197 Å². The molecule has 33 heavy (non-hydrogen) atoms. The Bertz CT molecular complexity index is 959. The number of hydrogen-bond donors (Lipinski definition) is 1. The zero-order valence-corrected chi connectivity index (χ0v) is 20.5. The van der Waals surface area contributed by atoms with Gasteiger partial charge in [-0.15, -0.1) is 0 Å². The fourth-order valence-electron chi connectivity index (χ4n) is 8.14. The van der Waals surface area contributed by atoms with Gasteiger partial charge in [0.25, 0.3) is 0 Å². The zero-order valence-electron chi connectivity index (χ0n) is 20.5. The van der Waals surface area contributed by atoms with Crippen LogP contribution in [0.3, 0.4) is 0 Å². The number of carboxylic acids is 1. The molecule has 5 aliphatic rings. The number of allylic oxidation sites excluding steroid dienone is 3. The lowest BCUT2D eigenvalue weighted by atomic mass is 9.48. The Balaban J connectivity index is 1.47. The van der Waals surface area contributed by atoms with E-state index in [1.165, 1.54) is 11.1 Å². The van der Waals surface area contributed by atoms with E-state index in [0.29, 0.717) is 30.8 Å². The van der Waals surface area contributed by atoms with Gasteiger partial charge in [0.15, 0.2) is 0 Å². The van der Waals surface area contributed by atoms with Crippen LogP contribution >= 0.6 is 0 Å². The summed E-state index contributed by atoms with van der Waals surface area (Å²) in [6.07, 6.45) is 12.8. The lowest BCUT2D eigenvalue weighted by Gasteiger charge is -2.55. The van der Waals surface area contributed by atoms with E-state index in [2.05, 4.69) is 32.9 Å². The van der Waals surface area contributed by atoms with Crippen LogP contribution in [0.15, 0.2) is 34.9 Å². The maximum atomic E-state index is 12.2. The second-order valence-electron chi connectivity index (χ2n) is 11.8. The molecule has 5 heteroatoms. The van der Waals surface area contributed by atoms with Crippen LogP contribution in [0.2, 0.25) is 0 Å². The van der Waals surface area contributed by atoms with Gasteiger partial charge >= 0.3 is 11.9 Å². The molecule has 1 saturated carbocycles. The molecule has 0 amide bonds. The summed E-state index contributed by atoms with van der Waals surface area (Å²) in [7, 11) is 0. The van der Waals surface area contributed by atoms with Crippen molar-refractivity contribution in [1.29, 1.82) is 0 Å². The van der Waals surface area contributed by atoms with Gasteiger partial charge in [0.05, 0.1) is 13.2 Å². The van der Waals surface area contributed by atoms with E-state index < -0.39 is 5.97 Å². The monoisotopic (exact) mass is 454 g/mol. The summed E-state index contributed by atoms with van der Waals surface area (Å²) in [5, 5.41) is 9.44. The molecule has 0 radical (unpaired) electrons. The van der Waals surface area contributed by atoms with Crippen molar-refractivity contribution >= 4 is 11.9 Å². The second kappa shape index (κ2) is 7.83. The lowest BCUT2D eigenvalue weighted by Crippen LogP contribution is -2.49. The number of esters is 1. The Morgan fingerprint density at radius 2 is 2.00 bits per heavy atom. The SMILES string of the molecule is CC1=CCC(C(C)C2CCC3(C)C4=CCC5COCC5(CCC(=O)O)C4=CCC23C)OC1=O. The van der Waals surface area contributed by atoms with Gasteiger partial charge in [0, 0.05) is 23.8 Å². The highest BCUT2D eigenvalue weighted by Crippen LogP contribution is 2.70. The normalized spacial score (nSPS) is 42.8. The number of rotatable bonds is 5. The molecule has 5 rings (SSSR count). The van der Waals surface area contributed by atoms with Gasteiger partial charge in [0.1, 0.15) is 6.10 Å². The Morgan fingerprint density at radius 3 is 2.73 bits per heavy atom. The first kappa shape index (κ1) is 22.9. The molecule has 5 nitrogen and oxygen atoms in total. The number of carbonyl (C=O) groups excluding carboxylic acids is 1. The fraction of sp³-hybridized carbons (Fsp3) is 0.714. The van der Waals surface area contributed by atoms with Gasteiger partial charge in [-0.3, -0.25) is 4.79 Å². The molecule has 1 saturated heterocycles. The fourth-order valence-corrected chi connectivity index (χ4v) is 8.14. The predicted octanol–water partition coefficient (Wildman–Crippen LogP) is 5.46. The van der Waals surface area contributed by atoms with Crippen LogP contribution in [-0.4, -0.2) is 36.4 Å². The van der Waals surface area contributed by atoms with Gasteiger partial charge in [-0.2, -0.15) is 0 Å². The molecule has 7 atom stereocenters. The minimum atomic E-state index is -0.723. The van der Waals surface area contributed by atoms with Crippen LogP contribution in [0, 0.1) is 34.0 Å². The van der Waals surface area contributed by atoms with Crippen molar-refractivity contribution in [2.45, 2.75) is 78.7 Å². The van der Waals surface area contributed by atoms with Gasteiger partial charge in [-0.05, 0) is 78.8 Å². The summed E-state index contributed by atoms with van der Waals surface area (Å²) in [6, 6.07) is 0. The van der Waals surface area contributed by atoms with Crippen LogP contribution in [0.1, 0.15) is 72.6 Å². The van der Waals surface area contributed by atoms with Crippen LogP contribution in [0.5, 0.6) is 0 Å². The van der Waals surface area contributed by atoms with E-state index in [-0.39, 0.29) is 34.7 Å². The Kier molecular flexibility index (Phi) is 5.43. The first-order chi connectivity index (χ1) is 15.6. The third-order valence-corrected chi connectivity index (χ3v) is 10.5. The largest absolute Gasteiger partial charge is 0.481 e. The average Bonchev–Trinajstić information content (AvgIpc) is 3.32. The Morgan fingerprint density at radius 1 is 1.21 bits per heavy atom. The van der Waals surface area contributed by atoms with Crippen LogP contribution in [0.4, 0.5) is 0 Å². The van der Waals surface area contributed by atoms with Crippen molar-refractivity contribution < 1.29 is 24.2 Å². The number of fused-ring (bicyclic) bond motifs is 5. The number of carboxylic acid groups (broad SMARTS) is 1. The van der Waals surface area contributed by atoms with E-state index >= 15 is 0 Å². The van der Waals surface area contributed by atoms with Crippen molar-refractivity contribution in [3.05, 3.63) is 34.9 Å². The molecule has 2 heterocycles. The van der Waals surface area contributed by atoms with Crippen LogP contribution in [-0.2, 0) is 19.1 Å². The summed E-state index contributed by atoms with van der Waals surface area (Å²) in [6.45, 7) is 10.4. The van der Waals surface area contributed by atoms with Crippen molar-refractivity contribution in [1.82, 2.24) is 0 Å². The molecule has 0 bridgehead atoms. The van der Waals surface area contributed by atoms with E-state index in [1.807, 2.05) is 13.0 Å². The van der Waals surface area contributed by atoms with Gasteiger partial charge in [-0.1, -0.05) is 39.0 Å². The molecule has 3 aliphatic carbocycles. The number of hydrogen-bond acceptors (Lipinski definition) is 4. The highest BCUT2D eigenvalue weighted by atomic mass is 16.5. The molecule has 180 valence electrons. The second-order valence-corrected chi connectivity index (χ2v) is 11.8. The van der Waals surface area contributed by atoms with E-state index in [1.54, 1.807) is 0 Å². The minimum Gasteiger partial charge on any atom is -0.481 e. The number of ether oxygens (including phenoxy) is 2. The number of carbonyl (C=O) groups is 2. The van der Waals surface area contributed by atoms with Crippen molar-refractivity contribution in [3.8, 4) is 0 Å². The molecule has 7 unspecified atom stereocenters. The minimum absolute atomic E-state index is 0.0459.